The van der Waals surface area contributed by atoms with Gasteiger partial charge in [0.15, 0.2) is 0 Å². The molecule has 1 saturated heterocycles. The molecule has 1 heterocycles. The Kier molecular flexibility index (Phi) is 4.63. The SMILES string of the molecule is C=C(c1cccc(-c2cc(Cl)c(C)cc2O)c1)N1CCCCC1. The number of aromatic hydroxyl groups is 1. The molecule has 0 unspecified atom stereocenters. The van der Waals surface area contributed by atoms with Gasteiger partial charge < -0.3 is 10.0 Å². The number of piperidine rings is 1. The van der Waals surface area contributed by atoms with Crippen LogP contribution in [0.25, 0.3) is 16.8 Å². The molecule has 0 amide bonds. The van der Waals surface area contributed by atoms with Crippen LogP contribution in [0.2, 0.25) is 5.02 Å². The van der Waals surface area contributed by atoms with Crippen LogP contribution in [0, 0.1) is 6.92 Å². The summed E-state index contributed by atoms with van der Waals surface area (Å²) < 4.78 is 0. The zero-order valence-electron chi connectivity index (χ0n) is 13.5. The summed E-state index contributed by atoms with van der Waals surface area (Å²) in [5.41, 5.74) is 4.75. The minimum atomic E-state index is 0.257. The van der Waals surface area contributed by atoms with E-state index in [0.717, 1.165) is 41.0 Å². The van der Waals surface area contributed by atoms with E-state index < -0.39 is 0 Å². The number of hydrogen-bond donors (Lipinski definition) is 1. The highest BCUT2D eigenvalue weighted by Gasteiger charge is 2.14. The molecule has 0 aliphatic carbocycles. The summed E-state index contributed by atoms with van der Waals surface area (Å²) in [6, 6.07) is 11.7. The number of aryl methyl sites for hydroxylation is 1. The van der Waals surface area contributed by atoms with Crippen molar-refractivity contribution < 1.29 is 5.11 Å². The third-order valence-corrected chi connectivity index (χ3v) is 4.93. The second-order valence-electron chi connectivity index (χ2n) is 6.19. The highest BCUT2D eigenvalue weighted by molar-refractivity contribution is 6.31. The number of likely N-dealkylation sites (tertiary alicyclic amines) is 1. The number of halogens is 1. The molecule has 0 atom stereocenters. The van der Waals surface area contributed by atoms with E-state index in [1.807, 2.05) is 25.1 Å². The van der Waals surface area contributed by atoms with E-state index in [1.54, 1.807) is 6.07 Å². The van der Waals surface area contributed by atoms with Gasteiger partial charge in [-0.3, -0.25) is 0 Å². The lowest BCUT2D eigenvalue weighted by Gasteiger charge is -2.30. The van der Waals surface area contributed by atoms with E-state index in [0.29, 0.717) is 5.02 Å². The highest BCUT2D eigenvalue weighted by atomic mass is 35.5. The molecular weight excluding hydrogens is 306 g/mol. The van der Waals surface area contributed by atoms with Gasteiger partial charge in [-0.1, -0.05) is 36.4 Å². The molecule has 1 aliphatic heterocycles. The van der Waals surface area contributed by atoms with Gasteiger partial charge in [0.2, 0.25) is 0 Å². The molecule has 1 fully saturated rings. The summed E-state index contributed by atoms with van der Waals surface area (Å²) in [5, 5.41) is 10.9. The maximum atomic E-state index is 10.3. The Morgan fingerprint density at radius 2 is 1.87 bits per heavy atom. The summed E-state index contributed by atoms with van der Waals surface area (Å²) in [6.45, 7) is 8.31. The van der Waals surface area contributed by atoms with Crippen molar-refractivity contribution >= 4 is 17.3 Å². The Hall–Kier alpha value is -1.93. The van der Waals surface area contributed by atoms with E-state index in [9.17, 15) is 5.11 Å². The average Bonchev–Trinajstić information content (AvgIpc) is 2.58. The van der Waals surface area contributed by atoms with Crippen molar-refractivity contribution in [1.82, 2.24) is 4.90 Å². The topological polar surface area (TPSA) is 23.5 Å². The molecule has 120 valence electrons. The predicted molar refractivity (Wildman–Crippen MR) is 97.7 cm³/mol. The van der Waals surface area contributed by atoms with Crippen LogP contribution in [0.15, 0.2) is 43.0 Å². The summed E-state index contributed by atoms with van der Waals surface area (Å²) in [4.78, 5) is 2.35. The lowest BCUT2D eigenvalue weighted by atomic mass is 9.99. The van der Waals surface area contributed by atoms with Crippen LogP contribution in [-0.4, -0.2) is 23.1 Å². The van der Waals surface area contributed by atoms with Crippen LogP contribution >= 0.6 is 11.6 Å². The molecule has 0 bridgehead atoms. The largest absolute Gasteiger partial charge is 0.507 e. The number of phenolic OH excluding ortho intramolecular Hbond substituents is 1. The van der Waals surface area contributed by atoms with E-state index in [4.69, 9.17) is 11.6 Å². The van der Waals surface area contributed by atoms with Gasteiger partial charge in [-0.15, -0.1) is 0 Å². The van der Waals surface area contributed by atoms with Crippen molar-refractivity contribution in [2.75, 3.05) is 13.1 Å². The third kappa shape index (κ3) is 3.37. The molecule has 3 heteroatoms. The number of nitrogens with zero attached hydrogens (tertiary/aromatic N) is 1. The quantitative estimate of drug-likeness (QED) is 0.807. The maximum absolute atomic E-state index is 10.3. The number of benzene rings is 2. The van der Waals surface area contributed by atoms with Gasteiger partial charge in [-0.05, 0) is 61.1 Å². The van der Waals surface area contributed by atoms with Crippen LogP contribution in [0.1, 0.15) is 30.4 Å². The molecular formula is C20H22ClNO. The Balaban J connectivity index is 1.94. The second-order valence-corrected chi connectivity index (χ2v) is 6.60. The van der Waals surface area contributed by atoms with Crippen molar-refractivity contribution in [3.05, 3.63) is 59.1 Å². The van der Waals surface area contributed by atoms with E-state index in [-0.39, 0.29) is 5.75 Å². The van der Waals surface area contributed by atoms with E-state index in [2.05, 4.69) is 23.6 Å². The van der Waals surface area contributed by atoms with Crippen LogP contribution in [-0.2, 0) is 0 Å². The fourth-order valence-electron chi connectivity index (χ4n) is 3.11. The summed E-state index contributed by atoms with van der Waals surface area (Å²) in [5.74, 6) is 0.257. The summed E-state index contributed by atoms with van der Waals surface area (Å²) >= 11 is 6.22. The molecule has 0 aromatic heterocycles. The zero-order chi connectivity index (χ0) is 16.4. The zero-order valence-corrected chi connectivity index (χ0v) is 14.2. The first-order valence-corrected chi connectivity index (χ1v) is 8.48. The van der Waals surface area contributed by atoms with Gasteiger partial charge in [-0.25, -0.2) is 0 Å². The van der Waals surface area contributed by atoms with Crippen molar-refractivity contribution in [2.24, 2.45) is 0 Å². The van der Waals surface area contributed by atoms with Crippen LogP contribution in [0.3, 0.4) is 0 Å². The fourth-order valence-corrected chi connectivity index (χ4v) is 3.27. The third-order valence-electron chi connectivity index (χ3n) is 4.52. The first-order valence-electron chi connectivity index (χ1n) is 8.10. The number of rotatable bonds is 3. The second kappa shape index (κ2) is 6.67. The number of hydrogen-bond acceptors (Lipinski definition) is 2. The highest BCUT2D eigenvalue weighted by Crippen LogP contribution is 2.35. The lowest BCUT2D eigenvalue weighted by molar-refractivity contribution is 0.326. The summed E-state index contributed by atoms with van der Waals surface area (Å²) in [7, 11) is 0. The van der Waals surface area contributed by atoms with Gasteiger partial charge >= 0.3 is 0 Å². The molecule has 1 aliphatic rings. The Morgan fingerprint density at radius 1 is 1.13 bits per heavy atom. The Morgan fingerprint density at radius 3 is 2.61 bits per heavy atom. The molecule has 2 nitrogen and oxygen atoms in total. The predicted octanol–water partition coefficient (Wildman–Crippen LogP) is 5.48. The molecule has 0 spiro atoms. The molecule has 2 aromatic carbocycles. The molecule has 0 radical (unpaired) electrons. The van der Waals surface area contributed by atoms with Gasteiger partial charge in [0.25, 0.3) is 0 Å². The van der Waals surface area contributed by atoms with Gasteiger partial charge in [0, 0.05) is 29.4 Å². The molecule has 2 aromatic rings. The molecule has 1 N–H and O–H groups in total. The first-order chi connectivity index (χ1) is 11.1. The van der Waals surface area contributed by atoms with E-state index in [1.165, 1.54) is 19.3 Å². The minimum Gasteiger partial charge on any atom is -0.507 e. The van der Waals surface area contributed by atoms with E-state index >= 15 is 0 Å². The smallest absolute Gasteiger partial charge is 0.123 e. The van der Waals surface area contributed by atoms with Crippen molar-refractivity contribution in [3.63, 3.8) is 0 Å². The molecule has 3 rings (SSSR count). The molecule has 0 saturated carbocycles. The monoisotopic (exact) mass is 327 g/mol. The lowest BCUT2D eigenvalue weighted by Crippen LogP contribution is -2.27. The van der Waals surface area contributed by atoms with Gasteiger partial charge in [0.05, 0.1) is 0 Å². The van der Waals surface area contributed by atoms with Crippen LogP contribution in [0.5, 0.6) is 5.75 Å². The van der Waals surface area contributed by atoms with Crippen LogP contribution < -0.4 is 0 Å². The van der Waals surface area contributed by atoms with Gasteiger partial charge in [-0.2, -0.15) is 0 Å². The Labute approximate surface area is 143 Å². The van der Waals surface area contributed by atoms with Crippen molar-refractivity contribution in [1.29, 1.82) is 0 Å². The maximum Gasteiger partial charge on any atom is 0.123 e. The van der Waals surface area contributed by atoms with Gasteiger partial charge in [0.1, 0.15) is 5.75 Å². The summed E-state index contributed by atoms with van der Waals surface area (Å²) in [6.07, 6.45) is 3.76. The number of phenols is 1. The normalized spacial score (nSPS) is 14.8. The standard InChI is InChI=1S/C20H22ClNO/c1-14-11-20(23)18(13-19(14)21)17-8-6-7-16(12-17)15(2)22-9-4-3-5-10-22/h6-8,11-13,23H,2-5,9-10H2,1H3. The molecule has 23 heavy (non-hydrogen) atoms. The van der Waals surface area contributed by atoms with Crippen molar-refractivity contribution in [2.45, 2.75) is 26.2 Å². The van der Waals surface area contributed by atoms with Crippen molar-refractivity contribution in [3.8, 4) is 16.9 Å². The average molecular weight is 328 g/mol. The fraction of sp³-hybridized carbons (Fsp3) is 0.300. The minimum absolute atomic E-state index is 0.257. The Bertz CT molecular complexity index is 732. The first kappa shape index (κ1) is 15.9. The van der Waals surface area contributed by atoms with Crippen LogP contribution in [0.4, 0.5) is 0 Å².